The lowest BCUT2D eigenvalue weighted by Crippen LogP contribution is -2.42. The van der Waals surface area contributed by atoms with Gasteiger partial charge in [-0.1, -0.05) is 91.6 Å². The van der Waals surface area contributed by atoms with Crippen molar-refractivity contribution in [1.29, 1.82) is 0 Å². The van der Waals surface area contributed by atoms with E-state index in [-0.39, 0.29) is 5.91 Å². The van der Waals surface area contributed by atoms with Crippen molar-refractivity contribution in [3.8, 4) is 0 Å². The van der Waals surface area contributed by atoms with Crippen molar-refractivity contribution in [2.45, 2.75) is 98.3 Å². The van der Waals surface area contributed by atoms with Gasteiger partial charge in [-0.05, 0) is 13.3 Å². The van der Waals surface area contributed by atoms with Gasteiger partial charge < -0.3 is 0 Å². The maximum atomic E-state index is 11.5. The second-order valence-electron chi connectivity index (χ2n) is 6.88. The van der Waals surface area contributed by atoms with Crippen molar-refractivity contribution in [2.75, 3.05) is 20.6 Å². The summed E-state index contributed by atoms with van der Waals surface area (Å²) in [6, 6.07) is 0. The van der Waals surface area contributed by atoms with E-state index >= 15 is 0 Å². The molecule has 0 atom stereocenters. The van der Waals surface area contributed by atoms with Crippen LogP contribution in [-0.4, -0.2) is 36.6 Å². The number of carbonyl (C=O) groups is 1. The molecule has 0 aliphatic rings. The van der Waals surface area contributed by atoms with Gasteiger partial charge in [0.05, 0.1) is 0 Å². The molecule has 0 saturated heterocycles. The topological polar surface area (TPSA) is 23.6 Å². The Balaban J connectivity index is 0. The Morgan fingerprint density at radius 1 is 0.750 bits per heavy atom. The first-order valence-electron chi connectivity index (χ1n) is 10.1. The first-order chi connectivity index (χ1) is 11.4. The smallest absolute Gasteiger partial charge is 0.263 e. The average Bonchev–Trinajstić information content (AvgIpc) is 2.54. The fourth-order valence-electron chi connectivity index (χ4n) is 2.48. The van der Waals surface area contributed by atoms with Gasteiger partial charge in [-0.2, -0.15) is 0 Å². The molecule has 24 heavy (non-hydrogen) atoms. The minimum Gasteiger partial charge on any atom is -0.272 e. The fraction of sp³-hybridized carbons (Fsp3) is 0.857. The SMILES string of the molecule is C=C(C)C(=O)N(CCC)N(C)C.CCCCCCCCCCCC. The highest BCUT2D eigenvalue weighted by Gasteiger charge is 2.14. The van der Waals surface area contributed by atoms with E-state index in [1.54, 1.807) is 16.9 Å². The molecular formula is C21H44N2O. The normalized spacial score (nSPS) is 10.3. The molecule has 0 radical (unpaired) electrons. The Bertz CT molecular complexity index is 290. The summed E-state index contributed by atoms with van der Waals surface area (Å²) in [7, 11) is 3.72. The number of nitrogens with zero attached hydrogens (tertiary/aromatic N) is 2. The third-order valence-corrected chi connectivity index (χ3v) is 3.97. The fourth-order valence-corrected chi connectivity index (χ4v) is 2.48. The van der Waals surface area contributed by atoms with Crippen molar-refractivity contribution in [3.63, 3.8) is 0 Å². The zero-order valence-corrected chi connectivity index (χ0v) is 17.5. The van der Waals surface area contributed by atoms with Crippen LogP contribution in [0.3, 0.4) is 0 Å². The van der Waals surface area contributed by atoms with Crippen LogP contribution in [0.1, 0.15) is 98.3 Å². The quantitative estimate of drug-likeness (QED) is 0.226. The lowest BCUT2D eigenvalue weighted by Gasteiger charge is -2.28. The zero-order valence-electron chi connectivity index (χ0n) is 17.5. The molecule has 0 aliphatic carbocycles. The highest BCUT2D eigenvalue weighted by atomic mass is 16.2. The molecule has 0 heterocycles. The summed E-state index contributed by atoms with van der Waals surface area (Å²) in [6.07, 6.45) is 15.4. The summed E-state index contributed by atoms with van der Waals surface area (Å²) in [4.78, 5) is 11.5. The molecule has 1 amide bonds. The third kappa shape index (κ3) is 16.0. The summed E-state index contributed by atoms with van der Waals surface area (Å²) in [6.45, 7) is 12.7. The summed E-state index contributed by atoms with van der Waals surface area (Å²) in [5.74, 6) is 0.00171. The maximum absolute atomic E-state index is 11.5. The number of hydrogen-bond donors (Lipinski definition) is 0. The van der Waals surface area contributed by atoms with Gasteiger partial charge in [-0.15, -0.1) is 0 Å². The summed E-state index contributed by atoms with van der Waals surface area (Å²) in [5.41, 5.74) is 0.581. The lowest BCUT2D eigenvalue weighted by molar-refractivity contribution is -0.140. The molecule has 0 aromatic rings. The zero-order chi connectivity index (χ0) is 18.8. The minimum absolute atomic E-state index is 0.00171. The van der Waals surface area contributed by atoms with Gasteiger partial charge in [0.15, 0.2) is 0 Å². The van der Waals surface area contributed by atoms with Gasteiger partial charge in [-0.3, -0.25) is 9.80 Å². The van der Waals surface area contributed by atoms with Crippen molar-refractivity contribution < 1.29 is 4.79 Å². The van der Waals surface area contributed by atoms with E-state index in [2.05, 4.69) is 20.4 Å². The molecule has 144 valence electrons. The van der Waals surface area contributed by atoms with Crippen molar-refractivity contribution in [1.82, 2.24) is 10.0 Å². The molecule has 0 spiro atoms. The van der Waals surface area contributed by atoms with Crippen LogP contribution < -0.4 is 0 Å². The second-order valence-corrected chi connectivity index (χ2v) is 6.88. The Hall–Kier alpha value is -0.830. The van der Waals surface area contributed by atoms with Gasteiger partial charge in [0.1, 0.15) is 0 Å². The van der Waals surface area contributed by atoms with Crippen LogP contribution in [0.15, 0.2) is 12.2 Å². The highest BCUT2D eigenvalue weighted by Crippen LogP contribution is 2.09. The van der Waals surface area contributed by atoms with Crippen LogP contribution in [0.5, 0.6) is 0 Å². The van der Waals surface area contributed by atoms with E-state index in [0.717, 1.165) is 13.0 Å². The molecule has 0 aromatic heterocycles. The van der Waals surface area contributed by atoms with Gasteiger partial charge >= 0.3 is 0 Å². The summed E-state index contributed by atoms with van der Waals surface area (Å²) >= 11 is 0. The Labute approximate surface area is 152 Å². The second kappa shape index (κ2) is 18.5. The van der Waals surface area contributed by atoms with E-state index in [1.165, 1.54) is 64.2 Å². The van der Waals surface area contributed by atoms with Crippen LogP contribution >= 0.6 is 0 Å². The van der Waals surface area contributed by atoms with Crippen LogP contribution in [0.2, 0.25) is 0 Å². The monoisotopic (exact) mass is 340 g/mol. The third-order valence-electron chi connectivity index (χ3n) is 3.97. The number of hydrazine groups is 1. The van der Waals surface area contributed by atoms with Crippen molar-refractivity contribution in [3.05, 3.63) is 12.2 Å². The molecule has 0 aliphatic heterocycles. The number of hydrogen-bond acceptors (Lipinski definition) is 2. The van der Waals surface area contributed by atoms with Gasteiger partial charge in [0.2, 0.25) is 0 Å². The predicted octanol–water partition coefficient (Wildman–Crippen LogP) is 6.20. The first-order valence-corrected chi connectivity index (χ1v) is 10.1. The van der Waals surface area contributed by atoms with Crippen LogP contribution in [0.4, 0.5) is 0 Å². The molecule has 0 N–H and O–H groups in total. The van der Waals surface area contributed by atoms with Gasteiger partial charge in [0.25, 0.3) is 5.91 Å². The van der Waals surface area contributed by atoms with Gasteiger partial charge in [0, 0.05) is 26.2 Å². The molecule has 0 bridgehead atoms. The number of carbonyl (C=O) groups excluding carboxylic acids is 1. The van der Waals surface area contributed by atoms with E-state index in [1.807, 2.05) is 21.0 Å². The van der Waals surface area contributed by atoms with E-state index in [9.17, 15) is 4.79 Å². The molecule has 0 aromatic carbocycles. The summed E-state index contributed by atoms with van der Waals surface area (Å²) in [5, 5.41) is 3.48. The van der Waals surface area contributed by atoms with Crippen LogP contribution in [0.25, 0.3) is 0 Å². The van der Waals surface area contributed by atoms with Crippen LogP contribution in [0, 0.1) is 0 Å². The lowest BCUT2D eigenvalue weighted by atomic mass is 10.1. The molecule has 0 fully saturated rings. The number of rotatable bonds is 13. The summed E-state index contributed by atoms with van der Waals surface area (Å²) < 4.78 is 0. The van der Waals surface area contributed by atoms with E-state index in [4.69, 9.17) is 0 Å². The first kappa shape index (κ1) is 25.4. The molecule has 0 unspecified atom stereocenters. The standard InChI is InChI=1S/C12H26.C9H18N2O/c1-3-5-7-9-11-12-10-8-6-4-2;1-6-7-11(10(4)5)9(12)8(2)3/h3-12H2,1-2H3;2,6-7H2,1,3-5H3. The Kier molecular flexibility index (Phi) is 19.6. The molecule has 0 saturated carbocycles. The number of unbranched alkanes of at least 4 members (excludes halogenated alkanes) is 9. The van der Waals surface area contributed by atoms with Gasteiger partial charge in [-0.25, -0.2) is 5.01 Å². The average molecular weight is 341 g/mol. The number of amides is 1. The minimum atomic E-state index is 0.00171. The predicted molar refractivity (Wildman–Crippen MR) is 108 cm³/mol. The molecule has 3 heteroatoms. The Morgan fingerprint density at radius 3 is 1.38 bits per heavy atom. The molecule has 0 rings (SSSR count). The highest BCUT2D eigenvalue weighted by molar-refractivity contribution is 5.91. The maximum Gasteiger partial charge on any atom is 0.263 e. The van der Waals surface area contributed by atoms with Crippen molar-refractivity contribution in [2.24, 2.45) is 0 Å². The van der Waals surface area contributed by atoms with E-state index < -0.39 is 0 Å². The van der Waals surface area contributed by atoms with E-state index in [0.29, 0.717) is 5.57 Å². The Morgan fingerprint density at radius 2 is 1.12 bits per heavy atom. The molecule has 3 nitrogen and oxygen atoms in total. The molecular weight excluding hydrogens is 296 g/mol. The van der Waals surface area contributed by atoms with Crippen molar-refractivity contribution >= 4 is 5.91 Å². The largest absolute Gasteiger partial charge is 0.272 e. The van der Waals surface area contributed by atoms with Crippen LogP contribution in [-0.2, 0) is 4.79 Å².